The van der Waals surface area contributed by atoms with Gasteiger partial charge in [-0.1, -0.05) is 6.08 Å². The van der Waals surface area contributed by atoms with Gasteiger partial charge in [0.1, 0.15) is 5.75 Å². The van der Waals surface area contributed by atoms with Gasteiger partial charge in [0.05, 0.1) is 7.11 Å². The fourth-order valence-electron chi connectivity index (χ4n) is 1.73. The van der Waals surface area contributed by atoms with Gasteiger partial charge in [-0.05, 0) is 30.7 Å². The number of ether oxygens (including phenoxy) is 1. The predicted molar refractivity (Wildman–Crippen MR) is 63.3 cm³/mol. The summed E-state index contributed by atoms with van der Waals surface area (Å²) < 4.78 is 7.42. The maximum atomic E-state index is 5.19. The van der Waals surface area contributed by atoms with Crippen LogP contribution in [0.25, 0.3) is 10.9 Å². The molecule has 0 saturated heterocycles. The number of methoxy groups -OCH3 is 1. The minimum absolute atomic E-state index is 0.906. The van der Waals surface area contributed by atoms with Gasteiger partial charge in [0.15, 0.2) is 0 Å². The lowest BCUT2D eigenvalue weighted by Crippen LogP contribution is -1.94. The third-order valence-electron chi connectivity index (χ3n) is 2.55. The highest BCUT2D eigenvalue weighted by Crippen LogP contribution is 2.21. The molecular weight excluding hydrogens is 186 g/mol. The summed E-state index contributed by atoms with van der Waals surface area (Å²) in [4.78, 5) is 0. The lowest BCUT2D eigenvalue weighted by atomic mass is 10.2. The molecule has 0 atom stereocenters. The highest BCUT2D eigenvalue weighted by molar-refractivity contribution is 5.81. The van der Waals surface area contributed by atoms with Crippen molar-refractivity contribution < 1.29 is 4.74 Å². The van der Waals surface area contributed by atoms with Crippen LogP contribution in [0.15, 0.2) is 43.1 Å². The van der Waals surface area contributed by atoms with E-state index >= 15 is 0 Å². The van der Waals surface area contributed by atoms with Crippen molar-refractivity contribution in [2.24, 2.45) is 0 Å². The van der Waals surface area contributed by atoms with E-state index in [-0.39, 0.29) is 0 Å². The van der Waals surface area contributed by atoms with Crippen LogP contribution in [0.3, 0.4) is 0 Å². The van der Waals surface area contributed by atoms with E-state index in [1.807, 2.05) is 12.1 Å². The van der Waals surface area contributed by atoms with Gasteiger partial charge in [0.25, 0.3) is 0 Å². The SMILES string of the molecule is C=CCCn1ccc2cc(OC)ccc21. The number of allylic oxidation sites excluding steroid dienone is 1. The first kappa shape index (κ1) is 9.84. The van der Waals surface area contributed by atoms with E-state index in [1.54, 1.807) is 7.11 Å². The number of fused-ring (bicyclic) bond motifs is 1. The first-order chi connectivity index (χ1) is 7.35. The number of rotatable bonds is 4. The maximum Gasteiger partial charge on any atom is 0.119 e. The second-order valence-electron chi connectivity index (χ2n) is 3.51. The molecule has 0 unspecified atom stereocenters. The molecule has 0 bridgehead atoms. The van der Waals surface area contributed by atoms with E-state index in [0.717, 1.165) is 18.7 Å². The summed E-state index contributed by atoms with van der Waals surface area (Å²) in [5, 5.41) is 1.22. The Morgan fingerprint density at radius 1 is 1.40 bits per heavy atom. The Morgan fingerprint density at radius 3 is 3.00 bits per heavy atom. The average molecular weight is 201 g/mol. The van der Waals surface area contributed by atoms with Gasteiger partial charge >= 0.3 is 0 Å². The van der Waals surface area contributed by atoms with Crippen molar-refractivity contribution >= 4 is 10.9 Å². The predicted octanol–water partition coefficient (Wildman–Crippen LogP) is 3.23. The van der Waals surface area contributed by atoms with Crippen LogP contribution < -0.4 is 4.74 Å². The summed E-state index contributed by atoms with van der Waals surface area (Å²) in [5.74, 6) is 0.906. The van der Waals surface area contributed by atoms with Gasteiger partial charge in [-0.15, -0.1) is 6.58 Å². The van der Waals surface area contributed by atoms with Crippen molar-refractivity contribution in [2.75, 3.05) is 7.11 Å². The van der Waals surface area contributed by atoms with Gasteiger partial charge < -0.3 is 9.30 Å². The number of nitrogens with zero attached hydrogens (tertiary/aromatic N) is 1. The van der Waals surface area contributed by atoms with E-state index in [4.69, 9.17) is 4.74 Å². The second kappa shape index (κ2) is 4.22. The van der Waals surface area contributed by atoms with Crippen molar-refractivity contribution in [1.29, 1.82) is 0 Å². The Balaban J connectivity index is 2.38. The normalized spacial score (nSPS) is 10.5. The van der Waals surface area contributed by atoms with Gasteiger partial charge in [-0.2, -0.15) is 0 Å². The van der Waals surface area contributed by atoms with Crippen molar-refractivity contribution in [3.05, 3.63) is 43.1 Å². The summed E-state index contributed by atoms with van der Waals surface area (Å²) in [5.41, 5.74) is 1.25. The van der Waals surface area contributed by atoms with Crippen LogP contribution in [-0.2, 0) is 6.54 Å². The highest BCUT2D eigenvalue weighted by Gasteiger charge is 2.01. The molecule has 1 aromatic heterocycles. The zero-order chi connectivity index (χ0) is 10.7. The fraction of sp³-hybridized carbons (Fsp3) is 0.231. The van der Waals surface area contributed by atoms with Crippen LogP contribution in [0.4, 0.5) is 0 Å². The molecule has 0 N–H and O–H groups in total. The molecule has 0 aliphatic heterocycles. The van der Waals surface area contributed by atoms with E-state index in [0.29, 0.717) is 0 Å². The van der Waals surface area contributed by atoms with Crippen molar-refractivity contribution in [3.8, 4) is 5.75 Å². The Bertz CT molecular complexity index is 470. The lowest BCUT2D eigenvalue weighted by Gasteiger charge is -2.04. The first-order valence-electron chi connectivity index (χ1n) is 5.09. The van der Waals surface area contributed by atoms with Crippen molar-refractivity contribution in [1.82, 2.24) is 4.57 Å². The molecule has 0 amide bonds. The molecule has 0 fully saturated rings. The molecule has 0 radical (unpaired) electrons. The average Bonchev–Trinajstić information content (AvgIpc) is 2.68. The topological polar surface area (TPSA) is 14.2 Å². The molecule has 0 saturated carbocycles. The molecule has 1 aromatic carbocycles. The fourth-order valence-corrected chi connectivity index (χ4v) is 1.73. The van der Waals surface area contributed by atoms with E-state index < -0.39 is 0 Å². The minimum Gasteiger partial charge on any atom is -0.497 e. The molecule has 15 heavy (non-hydrogen) atoms. The van der Waals surface area contributed by atoms with Crippen LogP contribution >= 0.6 is 0 Å². The molecular formula is C13H15NO. The van der Waals surface area contributed by atoms with E-state index in [9.17, 15) is 0 Å². The number of aryl methyl sites for hydroxylation is 1. The van der Waals surface area contributed by atoms with Crippen LogP contribution in [0.1, 0.15) is 6.42 Å². The van der Waals surface area contributed by atoms with Crippen molar-refractivity contribution in [3.63, 3.8) is 0 Å². The van der Waals surface area contributed by atoms with Gasteiger partial charge in [-0.25, -0.2) is 0 Å². The largest absolute Gasteiger partial charge is 0.497 e. The minimum atomic E-state index is 0.906. The Morgan fingerprint density at radius 2 is 2.27 bits per heavy atom. The standard InChI is InChI=1S/C13H15NO/c1-3-4-8-14-9-7-11-10-12(15-2)5-6-13(11)14/h3,5-7,9-10H,1,4,8H2,2H3. The summed E-state index contributed by atoms with van der Waals surface area (Å²) in [6, 6.07) is 8.25. The molecule has 0 spiro atoms. The van der Waals surface area contributed by atoms with Crippen LogP contribution in [0.2, 0.25) is 0 Å². The lowest BCUT2D eigenvalue weighted by molar-refractivity contribution is 0.415. The van der Waals surface area contributed by atoms with Crippen LogP contribution in [0.5, 0.6) is 5.75 Å². The number of aromatic nitrogens is 1. The van der Waals surface area contributed by atoms with E-state index in [1.165, 1.54) is 10.9 Å². The summed E-state index contributed by atoms with van der Waals surface area (Å²) in [6.07, 6.45) is 5.04. The Hall–Kier alpha value is -1.70. The maximum absolute atomic E-state index is 5.19. The zero-order valence-corrected chi connectivity index (χ0v) is 8.94. The molecule has 2 aromatic rings. The highest BCUT2D eigenvalue weighted by atomic mass is 16.5. The van der Waals surface area contributed by atoms with Gasteiger partial charge in [0, 0.05) is 23.6 Å². The second-order valence-corrected chi connectivity index (χ2v) is 3.51. The quantitative estimate of drug-likeness (QED) is 0.693. The molecule has 0 aliphatic carbocycles. The molecule has 2 nitrogen and oxygen atoms in total. The summed E-state index contributed by atoms with van der Waals surface area (Å²) in [6.45, 7) is 4.72. The van der Waals surface area contributed by atoms with Crippen LogP contribution in [-0.4, -0.2) is 11.7 Å². The van der Waals surface area contributed by atoms with Crippen molar-refractivity contribution in [2.45, 2.75) is 13.0 Å². The molecule has 2 heteroatoms. The Labute approximate surface area is 89.8 Å². The molecule has 2 rings (SSSR count). The van der Waals surface area contributed by atoms with E-state index in [2.05, 4.69) is 35.5 Å². The summed E-state index contributed by atoms with van der Waals surface area (Å²) in [7, 11) is 1.69. The molecule has 78 valence electrons. The number of hydrogen-bond donors (Lipinski definition) is 0. The number of hydrogen-bond acceptors (Lipinski definition) is 1. The zero-order valence-electron chi connectivity index (χ0n) is 8.94. The smallest absolute Gasteiger partial charge is 0.119 e. The van der Waals surface area contributed by atoms with Gasteiger partial charge in [0.2, 0.25) is 0 Å². The third kappa shape index (κ3) is 1.89. The third-order valence-corrected chi connectivity index (χ3v) is 2.55. The molecule has 1 heterocycles. The van der Waals surface area contributed by atoms with Crippen LogP contribution in [0, 0.1) is 0 Å². The monoisotopic (exact) mass is 201 g/mol. The van der Waals surface area contributed by atoms with Gasteiger partial charge in [-0.3, -0.25) is 0 Å². The number of benzene rings is 1. The Kier molecular flexibility index (Phi) is 2.77. The summed E-state index contributed by atoms with van der Waals surface area (Å²) >= 11 is 0. The first-order valence-corrected chi connectivity index (χ1v) is 5.09. The molecule has 0 aliphatic rings.